The highest BCUT2D eigenvalue weighted by atomic mass is 16.5. The SMILES string of the molecule is COc1cc(-c2n[nH]c(N=C(c3ccccc3)c3ccccc3)n2)c(OC)cc1C. The number of aryl methyl sites for hydroxylation is 1. The van der Waals surface area contributed by atoms with E-state index < -0.39 is 0 Å². The van der Waals surface area contributed by atoms with Crippen LogP contribution in [0.5, 0.6) is 11.5 Å². The number of ether oxygens (including phenoxy) is 2. The molecule has 4 aromatic rings. The van der Waals surface area contributed by atoms with E-state index in [1.54, 1.807) is 14.2 Å². The van der Waals surface area contributed by atoms with Crippen LogP contribution in [0.2, 0.25) is 0 Å². The molecule has 0 amide bonds. The van der Waals surface area contributed by atoms with Gasteiger partial charge in [-0.3, -0.25) is 0 Å². The summed E-state index contributed by atoms with van der Waals surface area (Å²) in [6.45, 7) is 1.96. The first-order chi connectivity index (χ1) is 14.7. The van der Waals surface area contributed by atoms with Crippen LogP contribution in [-0.2, 0) is 0 Å². The number of nitrogens with one attached hydrogen (secondary N) is 1. The monoisotopic (exact) mass is 398 g/mol. The van der Waals surface area contributed by atoms with Crippen LogP contribution in [0.1, 0.15) is 16.7 Å². The molecule has 1 aromatic heterocycles. The summed E-state index contributed by atoms with van der Waals surface area (Å²) in [5, 5.41) is 7.29. The van der Waals surface area contributed by atoms with Crippen LogP contribution in [0.25, 0.3) is 11.4 Å². The number of aromatic amines is 1. The molecule has 6 heteroatoms. The van der Waals surface area contributed by atoms with E-state index in [4.69, 9.17) is 14.5 Å². The molecule has 1 heterocycles. The molecule has 0 aliphatic carbocycles. The van der Waals surface area contributed by atoms with Gasteiger partial charge >= 0.3 is 0 Å². The maximum Gasteiger partial charge on any atom is 0.246 e. The van der Waals surface area contributed by atoms with Gasteiger partial charge in [-0.1, -0.05) is 60.7 Å². The second-order valence-corrected chi connectivity index (χ2v) is 6.70. The molecule has 6 nitrogen and oxygen atoms in total. The number of aliphatic imine (C=N–C) groups is 1. The molecule has 0 spiro atoms. The zero-order chi connectivity index (χ0) is 20.9. The Labute approximate surface area is 175 Å². The quantitative estimate of drug-likeness (QED) is 0.466. The summed E-state index contributed by atoms with van der Waals surface area (Å²) < 4.78 is 11.0. The number of rotatable bonds is 6. The highest BCUT2D eigenvalue weighted by Crippen LogP contribution is 2.34. The minimum Gasteiger partial charge on any atom is -0.496 e. The highest BCUT2D eigenvalue weighted by molar-refractivity contribution is 6.13. The second kappa shape index (κ2) is 8.61. The number of aromatic nitrogens is 3. The van der Waals surface area contributed by atoms with E-state index in [0.717, 1.165) is 33.7 Å². The number of hydrogen-bond acceptors (Lipinski definition) is 5. The average Bonchev–Trinajstić information content (AvgIpc) is 3.27. The van der Waals surface area contributed by atoms with Crippen molar-refractivity contribution in [3.63, 3.8) is 0 Å². The van der Waals surface area contributed by atoms with Crippen molar-refractivity contribution in [1.29, 1.82) is 0 Å². The fourth-order valence-electron chi connectivity index (χ4n) is 3.24. The van der Waals surface area contributed by atoms with Crippen LogP contribution < -0.4 is 9.47 Å². The van der Waals surface area contributed by atoms with Gasteiger partial charge in [0.15, 0.2) is 5.82 Å². The fourth-order valence-corrected chi connectivity index (χ4v) is 3.24. The first kappa shape index (κ1) is 19.4. The minimum atomic E-state index is 0.411. The molecular weight excluding hydrogens is 376 g/mol. The number of benzene rings is 3. The van der Waals surface area contributed by atoms with Gasteiger partial charge in [0, 0.05) is 11.1 Å². The van der Waals surface area contributed by atoms with E-state index in [0.29, 0.717) is 17.5 Å². The fraction of sp³-hybridized carbons (Fsp3) is 0.125. The van der Waals surface area contributed by atoms with Crippen LogP contribution >= 0.6 is 0 Å². The lowest BCUT2D eigenvalue weighted by Gasteiger charge is -2.10. The predicted molar refractivity (Wildman–Crippen MR) is 118 cm³/mol. The summed E-state index contributed by atoms with van der Waals surface area (Å²) in [5.74, 6) is 2.32. The van der Waals surface area contributed by atoms with Crippen molar-refractivity contribution in [2.24, 2.45) is 4.99 Å². The minimum absolute atomic E-state index is 0.411. The Bertz CT molecular complexity index is 1130. The molecule has 3 aromatic carbocycles. The van der Waals surface area contributed by atoms with Crippen LogP contribution in [0.4, 0.5) is 5.95 Å². The third-order valence-electron chi connectivity index (χ3n) is 4.74. The Hall–Kier alpha value is -3.93. The van der Waals surface area contributed by atoms with Crippen molar-refractivity contribution >= 4 is 11.7 Å². The second-order valence-electron chi connectivity index (χ2n) is 6.70. The van der Waals surface area contributed by atoms with Gasteiger partial charge in [-0.25, -0.2) is 10.1 Å². The van der Waals surface area contributed by atoms with E-state index in [2.05, 4.69) is 15.2 Å². The van der Waals surface area contributed by atoms with Gasteiger partial charge in [-0.15, -0.1) is 0 Å². The van der Waals surface area contributed by atoms with E-state index in [1.165, 1.54) is 0 Å². The molecule has 0 saturated carbocycles. The molecule has 0 radical (unpaired) electrons. The summed E-state index contributed by atoms with van der Waals surface area (Å²) in [5.41, 5.74) is 4.51. The third kappa shape index (κ3) is 3.93. The van der Waals surface area contributed by atoms with Crippen molar-refractivity contribution < 1.29 is 9.47 Å². The molecule has 4 rings (SSSR count). The summed E-state index contributed by atoms with van der Waals surface area (Å²) in [6, 6.07) is 23.8. The van der Waals surface area contributed by atoms with Crippen LogP contribution in [0.3, 0.4) is 0 Å². The number of hydrogen-bond donors (Lipinski definition) is 1. The number of methoxy groups -OCH3 is 2. The Morgan fingerprint density at radius 2 is 1.43 bits per heavy atom. The van der Waals surface area contributed by atoms with Crippen LogP contribution in [-0.4, -0.2) is 35.1 Å². The zero-order valence-corrected chi connectivity index (χ0v) is 17.1. The first-order valence-corrected chi connectivity index (χ1v) is 9.54. The molecule has 0 bridgehead atoms. The molecular formula is C24H22N4O2. The van der Waals surface area contributed by atoms with E-state index in [-0.39, 0.29) is 0 Å². The largest absolute Gasteiger partial charge is 0.496 e. The van der Waals surface area contributed by atoms with Gasteiger partial charge in [0.1, 0.15) is 11.5 Å². The smallest absolute Gasteiger partial charge is 0.246 e. The molecule has 0 aliphatic rings. The van der Waals surface area contributed by atoms with Crippen molar-refractivity contribution in [3.05, 3.63) is 89.5 Å². The van der Waals surface area contributed by atoms with E-state index in [1.807, 2.05) is 79.7 Å². The molecule has 0 fully saturated rings. The van der Waals surface area contributed by atoms with Gasteiger partial charge in [0.2, 0.25) is 5.95 Å². The van der Waals surface area contributed by atoms with E-state index in [9.17, 15) is 0 Å². The Morgan fingerprint density at radius 1 is 0.833 bits per heavy atom. The molecule has 0 unspecified atom stereocenters. The summed E-state index contributed by atoms with van der Waals surface area (Å²) in [7, 11) is 3.26. The lowest BCUT2D eigenvalue weighted by molar-refractivity contribution is 0.401. The zero-order valence-electron chi connectivity index (χ0n) is 17.1. The molecule has 1 N–H and O–H groups in total. The number of nitrogens with zero attached hydrogens (tertiary/aromatic N) is 3. The Balaban J connectivity index is 1.79. The van der Waals surface area contributed by atoms with Crippen molar-refractivity contribution in [1.82, 2.24) is 15.2 Å². The molecule has 0 aliphatic heterocycles. The van der Waals surface area contributed by atoms with Gasteiger partial charge < -0.3 is 9.47 Å². The van der Waals surface area contributed by atoms with Gasteiger partial charge in [0.05, 0.1) is 25.5 Å². The molecule has 0 atom stereocenters. The van der Waals surface area contributed by atoms with Crippen LogP contribution in [0, 0.1) is 6.92 Å². The van der Waals surface area contributed by atoms with Crippen molar-refractivity contribution in [3.8, 4) is 22.9 Å². The van der Waals surface area contributed by atoms with E-state index >= 15 is 0 Å². The summed E-state index contributed by atoms with van der Waals surface area (Å²) >= 11 is 0. The predicted octanol–water partition coefficient (Wildman–Crippen LogP) is 4.97. The van der Waals surface area contributed by atoms with Crippen LogP contribution in [0.15, 0.2) is 77.8 Å². The summed E-state index contributed by atoms with van der Waals surface area (Å²) in [4.78, 5) is 9.37. The molecule has 150 valence electrons. The Morgan fingerprint density at radius 3 is 2.00 bits per heavy atom. The topological polar surface area (TPSA) is 72.4 Å². The van der Waals surface area contributed by atoms with Gasteiger partial charge in [-0.05, 0) is 24.6 Å². The third-order valence-corrected chi connectivity index (χ3v) is 4.74. The normalized spacial score (nSPS) is 10.5. The maximum absolute atomic E-state index is 5.52. The summed E-state index contributed by atoms with van der Waals surface area (Å²) in [6.07, 6.45) is 0. The average molecular weight is 398 g/mol. The first-order valence-electron chi connectivity index (χ1n) is 9.54. The van der Waals surface area contributed by atoms with Crippen molar-refractivity contribution in [2.75, 3.05) is 14.2 Å². The standard InChI is InChI=1S/C24H22N4O2/c1-16-14-21(30-3)19(15-20(16)29-2)23-26-24(28-27-23)25-22(17-10-6-4-7-11-17)18-12-8-5-9-13-18/h4-15H,1-3H3,(H,26,27,28). The lowest BCUT2D eigenvalue weighted by Crippen LogP contribution is -2.02. The molecule has 0 saturated heterocycles. The van der Waals surface area contributed by atoms with Gasteiger partial charge in [0.25, 0.3) is 0 Å². The molecule has 30 heavy (non-hydrogen) atoms. The van der Waals surface area contributed by atoms with Crippen molar-refractivity contribution in [2.45, 2.75) is 6.92 Å². The maximum atomic E-state index is 5.52. The Kier molecular flexibility index (Phi) is 5.57. The number of H-pyrrole nitrogens is 1. The van der Waals surface area contributed by atoms with Gasteiger partial charge in [-0.2, -0.15) is 10.1 Å². The lowest BCUT2D eigenvalue weighted by atomic mass is 10.0. The highest BCUT2D eigenvalue weighted by Gasteiger charge is 2.16.